The predicted octanol–water partition coefficient (Wildman–Crippen LogP) is 0.972. The Hall–Kier alpha value is -0.665. The summed E-state index contributed by atoms with van der Waals surface area (Å²) in [6.45, 7) is 2.41. The van der Waals surface area contributed by atoms with Gasteiger partial charge in [0, 0.05) is 21.1 Å². The van der Waals surface area contributed by atoms with Gasteiger partial charge in [-0.2, -0.15) is 0 Å². The third kappa shape index (κ3) is 1.83. The van der Waals surface area contributed by atoms with Crippen LogP contribution in [0.4, 0.5) is 0 Å². The molecular weight excluding hydrogens is 197 g/mol. The average Bonchev–Trinajstić information content (AvgIpc) is 2.37. The molecule has 1 aliphatic heterocycles. The number of guanidine groups is 1. The van der Waals surface area contributed by atoms with E-state index in [2.05, 4.69) is 43.7 Å². The quantitative estimate of drug-likeness (QED) is 0.568. The molecule has 2 rings (SSSR count). The number of fused-ring (bicyclic) bond motifs is 1. The van der Waals surface area contributed by atoms with Gasteiger partial charge in [-0.25, -0.2) is 0 Å². The molecule has 3 atom stereocenters. The predicted molar refractivity (Wildman–Crippen MR) is 71.8 cm³/mol. The highest BCUT2D eigenvalue weighted by atomic mass is 15.4. The summed E-state index contributed by atoms with van der Waals surface area (Å²) >= 11 is 0. The molecule has 0 amide bonds. The third-order valence-corrected chi connectivity index (χ3v) is 4.39. The van der Waals surface area contributed by atoms with Gasteiger partial charge in [-0.15, -0.1) is 0 Å². The van der Waals surface area contributed by atoms with Gasteiger partial charge in [-0.05, 0) is 12.8 Å². The summed E-state index contributed by atoms with van der Waals surface area (Å²) in [6.07, 6.45) is 5.31. The van der Waals surface area contributed by atoms with Gasteiger partial charge >= 0.3 is 0 Å². The largest absolute Gasteiger partial charge is 0.341 e. The van der Waals surface area contributed by atoms with Crippen molar-refractivity contribution in [2.45, 2.75) is 50.0 Å². The minimum Gasteiger partial charge on any atom is -0.341 e. The van der Waals surface area contributed by atoms with Crippen LogP contribution < -0.4 is 0 Å². The van der Waals surface area contributed by atoms with E-state index in [1.165, 1.54) is 25.7 Å². The van der Waals surface area contributed by atoms with Crippen LogP contribution in [-0.2, 0) is 0 Å². The lowest BCUT2D eigenvalue weighted by molar-refractivity contribution is 0.280. The van der Waals surface area contributed by atoms with Gasteiger partial charge in [0.1, 0.15) is 7.85 Å². The first-order chi connectivity index (χ1) is 7.46. The first kappa shape index (κ1) is 11.8. The van der Waals surface area contributed by atoms with E-state index in [0.29, 0.717) is 17.4 Å². The van der Waals surface area contributed by atoms with Gasteiger partial charge in [0.15, 0.2) is 5.96 Å². The lowest BCUT2D eigenvalue weighted by Gasteiger charge is -2.30. The normalized spacial score (nSPS) is 42.4. The molecule has 0 aromatic heterocycles. The standard InChI is InChI=1S/C12H24BN3/c1-12(13)7-5-6-9-10(8-12)16(4)11(14-2)15(9)3/h9-10H,5-8,13H2,1-4H3/b14-11+/t9?,10?,12-/m1/s1. The van der Waals surface area contributed by atoms with Crippen LogP contribution in [0.5, 0.6) is 0 Å². The minimum atomic E-state index is 0.484. The van der Waals surface area contributed by atoms with Gasteiger partial charge in [0.25, 0.3) is 0 Å². The van der Waals surface area contributed by atoms with Crippen LogP contribution in [0, 0.1) is 0 Å². The molecule has 1 saturated carbocycles. The number of hydrogen-bond acceptors (Lipinski definition) is 1. The maximum atomic E-state index is 4.42. The highest BCUT2D eigenvalue weighted by Crippen LogP contribution is 2.42. The van der Waals surface area contributed by atoms with Crippen molar-refractivity contribution in [2.24, 2.45) is 4.99 Å². The maximum Gasteiger partial charge on any atom is 0.196 e. The molecule has 2 fully saturated rings. The minimum absolute atomic E-state index is 0.484. The van der Waals surface area contributed by atoms with E-state index >= 15 is 0 Å². The topological polar surface area (TPSA) is 18.8 Å². The van der Waals surface area contributed by atoms with Gasteiger partial charge in [0.05, 0.1) is 12.1 Å². The summed E-state index contributed by atoms with van der Waals surface area (Å²) in [5.74, 6) is 1.16. The van der Waals surface area contributed by atoms with Crippen molar-refractivity contribution in [3.05, 3.63) is 0 Å². The summed E-state index contributed by atoms with van der Waals surface area (Å²) in [7, 11) is 8.70. The van der Waals surface area contributed by atoms with E-state index in [9.17, 15) is 0 Å². The molecule has 0 bridgehead atoms. The second-order valence-electron chi connectivity index (χ2n) is 6.14. The first-order valence-electron chi connectivity index (χ1n) is 6.39. The molecule has 1 aliphatic carbocycles. The van der Waals surface area contributed by atoms with Gasteiger partial charge < -0.3 is 9.80 Å². The van der Waals surface area contributed by atoms with E-state index in [1.807, 2.05) is 7.05 Å². The second-order valence-corrected chi connectivity index (χ2v) is 6.14. The number of hydrogen-bond donors (Lipinski definition) is 0. The number of aliphatic imine (C=N–C) groups is 1. The fourth-order valence-corrected chi connectivity index (χ4v) is 3.49. The smallest absolute Gasteiger partial charge is 0.196 e. The molecule has 16 heavy (non-hydrogen) atoms. The van der Waals surface area contributed by atoms with E-state index < -0.39 is 0 Å². The van der Waals surface area contributed by atoms with Crippen LogP contribution >= 0.6 is 0 Å². The van der Waals surface area contributed by atoms with Crippen molar-refractivity contribution < 1.29 is 0 Å². The maximum absolute atomic E-state index is 4.42. The van der Waals surface area contributed by atoms with Crippen molar-refractivity contribution in [3.63, 3.8) is 0 Å². The number of rotatable bonds is 0. The van der Waals surface area contributed by atoms with Gasteiger partial charge in [0.2, 0.25) is 0 Å². The third-order valence-electron chi connectivity index (χ3n) is 4.39. The molecule has 3 nitrogen and oxygen atoms in total. The highest BCUT2D eigenvalue weighted by Gasteiger charge is 2.43. The Morgan fingerprint density at radius 3 is 2.56 bits per heavy atom. The fourth-order valence-electron chi connectivity index (χ4n) is 3.49. The summed E-state index contributed by atoms with van der Waals surface area (Å²) < 4.78 is 0. The monoisotopic (exact) mass is 221 g/mol. The van der Waals surface area contributed by atoms with Gasteiger partial charge in [-0.3, -0.25) is 4.99 Å². The summed E-state index contributed by atoms with van der Waals surface area (Å²) in [5, 5.41) is 0.484. The Kier molecular flexibility index (Phi) is 2.93. The molecule has 2 aliphatic rings. The zero-order valence-electron chi connectivity index (χ0n) is 11.3. The van der Waals surface area contributed by atoms with E-state index in [4.69, 9.17) is 0 Å². The van der Waals surface area contributed by atoms with Crippen LogP contribution in [0.1, 0.15) is 32.6 Å². The Balaban J connectivity index is 2.26. The molecule has 0 aromatic rings. The van der Waals surface area contributed by atoms with Crippen LogP contribution in [-0.4, -0.2) is 56.8 Å². The van der Waals surface area contributed by atoms with Crippen LogP contribution in [0.3, 0.4) is 0 Å². The Labute approximate surface area is 100 Å². The number of likely N-dealkylation sites (N-methyl/N-ethyl adjacent to an activating group) is 2. The zero-order chi connectivity index (χ0) is 11.9. The summed E-state index contributed by atoms with van der Waals surface area (Å²) in [4.78, 5) is 9.19. The molecule has 2 unspecified atom stereocenters. The lowest BCUT2D eigenvalue weighted by Crippen LogP contribution is -2.35. The number of nitrogens with zero attached hydrogens (tertiary/aromatic N) is 3. The van der Waals surface area contributed by atoms with Crippen molar-refractivity contribution in [1.82, 2.24) is 9.80 Å². The molecule has 0 spiro atoms. The molecular formula is C12H24BN3. The molecule has 90 valence electrons. The molecule has 0 N–H and O–H groups in total. The summed E-state index contributed by atoms with van der Waals surface area (Å²) in [6, 6.07) is 1.33. The fraction of sp³-hybridized carbons (Fsp3) is 0.917. The molecule has 0 aromatic carbocycles. The van der Waals surface area contributed by atoms with Crippen LogP contribution in [0.2, 0.25) is 5.31 Å². The van der Waals surface area contributed by atoms with E-state index in [-0.39, 0.29) is 0 Å². The van der Waals surface area contributed by atoms with E-state index in [0.717, 1.165) is 5.96 Å². The highest BCUT2D eigenvalue weighted by molar-refractivity contribution is 6.14. The molecule has 1 heterocycles. The van der Waals surface area contributed by atoms with E-state index in [1.54, 1.807) is 0 Å². The first-order valence-corrected chi connectivity index (χ1v) is 6.39. The SMILES string of the molecule is B[C@]1(C)CCCC2C(C1)N(C)/C(=N/C)N2C. The summed E-state index contributed by atoms with van der Waals surface area (Å²) in [5.41, 5.74) is 0. The molecule has 0 radical (unpaired) electrons. The van der Waals surface area contributed by atoms with Crippen molar-refractivity contribution in [2.75, 3.05) is 21.1 Å². The molecule has 4 heteroatoms. The Bertz CT molecular complexity index is 301. The van der Waals surface area contributed by atoms with Crippen LogP contribution in [0.25, 0.3) is 0 Å². The Morgan fingerprint density at radius 2 is 1.94 bits per heavy atom. The van der Waals surface area contributed by atoms with Crippen molar-refractivity contribution >= 4 is 13.8 Å². The average molecular weight is 221 g/mol. The molecule has 1 saturated heterocycles. The van der Waals surface area contributed by atoms with Crippen molar-refractivity contribution in [3.8, 4) is 0 Å². The zero-order valence-corrected chi connectivity index (χ0v) is 11.3. The van der Waals surface area contributed by atoms with Crippen molar-refractivity contribution in [1.29, 1.82) is 0 Å². The van der Waals surface area contributed by atoms with Gasteiger partial charge in [-0.1, -0.05) is 25.1 Å². The second kappa shape index (κ2) is 3.97. The lowest BCUT2D eigenvalue weighted by atomic mass is 9.65. The Morgan fingerprint density at radius 1 is 1.31 bits per heavy atom. The van der Waals surface area contributed by atoms with Crippen LogP contribution in [0.15, 0.2) is 4.99 Å².